The van der Waals surface area contributed by atoms with E-state index in [0.29, 0.717) is 17.7 Å². The first kappa shape index (κ1) is 16.1. The lowest BCUT2D eigenvalue weighted by Gasteiger charge is -2.24. The van der Waals surface area contributed by atoms with Crippen LogP contribution in [0.3, 0.4) is 0 Å². The zero-order chi connectivity index (χ0) is 13.2. The van der Waals surface area contributed by atoms with Gasteiger partial charge in [0.05, 0.1) is 12.6 Å². The van der Waals surface area contributed by atoms with E-state index < -0.39 is 0 Å². The maximum atomic E-state index is 6.14. The van der Waals surface area contributed by atoms with Crippen molar-refractivity contribution in [3.8, 4) is 11.8 Å². The first-order chi connectivity index (χ1) is 8.77. The summed E-state index contributed by atoms with van der Waals surface area (Å²) in [4.78, 5) is 2.17. The summed E-state index contributed by atoms with van der Waals surface area (Å²) in [5.41, 5.74) is 6.14. The first-order valence-electron chi connectivity index (χ1n) is 6.86. The molecule has 1 rings (SSSR count). The van der Waals surface area contributed by atoms with Crippen molar-refractivity contribution in [1.82, 2.24) is 4.90 Å². The average Bonchev–Trinajstić information content (AvgIpc) is 2.40. The monoisotopic (exact) mass is 290 g/mol. The zero-order valence-electron chi connectivity index (χ0n) is 11.0. The molecule has 2 N–H and O–H groups in total. The van der Waals surface area contributed by atoms with E-state index in [-0.39, 0.29) is 6.04 Å². The van der Waals surface area contributed by atoms with E-state index in [9.17, 15) is 0 Å². The second-order valence-corrected chi connectivity index (χ2v) is 5.66. The van der Waals surface area contributed by atoms with Crippen molar-refractivity contribution < 1.29 is 0 Å². The molecule has 1 aliphatic carbocycles. The molecule has 18 heavy (non-hydrogen) atoms. The van der Waals surface area contributed by atoms with Crippen LogP contribution in [0.5, 0.6) is 0 Å². The summed E-state index contributed by atoms with van der Waals surface area (Å²) in [5, 5.41) is 0. The van der Waals surface area contributed by atoms with Gasteiger partial charge in [-0.3, -0.25) is 4.90 Å². The third-order valence-corrected chi connectivity index (χ3v) is 3.87. The van der Waals surface area contributed by atoms with Gasteiger partial charge < -0.3 is 5.73 Å². The highest BCUT2D eigenvalue weighted by molar-refractivity contribution is 6.18. The molecule has 2 nitrogen and oxygen atoms in total. The van der Waals surface area contributed by atoms with Gasteiger partial charge in [0, 0.05) is 24.8 Å². The van der Waals surface area contributed by atoms with Gasteiger partial charge in [-0.05, 0) is 18.8 Å². The SMILES string of the molecule is N[C@@H](C#CCN(CCCl)CCCl)C1CCCCC1. The molecule has 0 amide bonds. The Balaban J connectivity index is 2.33. The van der Waals surface area contributed by atoms with Crippen LogP contribution < -0.4 is 5.73 Å². The van der Waals surface area contributed by atoms with E-state index in [1.165, 1.54) is 32.1 Å². The molecule has 1 aliphatic rings. The fourth-order valence-electron chi connectivity index (χ4n) is 2.40. The molecule has 1 atom stereocenters. The third kappa shape index (κ3) is 6.29. The number of hydrogen-bond donors (Lipinski definition) is 1. The predicted octanol–water partition coefficient (Wildman–Crippen LogP) is 2.68. The molecule has 104 valence electrons. The molecule has 0 aromatic heterocycles. The molecule has 0 unspecified atom stereocenters. The molecular weight excluding hydrogens is 267 g/mol. The molecule has 4 heteroatoms. The molecule has 0 radical (unpaired) electrons. The summed E-state index contributed by atoms with van der Waals surface area (Å²) in [7, 11) is 0. The highest BCUT2D eigenvalue weighted by Crippen LogP contribution is 2.25. The lowest BCUT2D eigenvalue weighted by molar-refractivity contribution is 0.335. The quantitative estimate of drug-likeness (QED) is 0.602. The van der Waals surface area contributed by atoms with Crippen molar-refractivity contribution in [2.45, 2.75) is 38.1 Å². The van der Waals surface area contributed by atoms with Crippen LogP contribution in [0.25, 0.3) is 0 Å². The summed E-state index contributed by atoms with van der Waals surface area (Å²) < 4.78 is 0. The topological polar surface area (TPSA) is 29.3 Å². The Bertz CT molecular complexity index is 261. The van der Waals surface area contributed by atoms with Crippen LogP contribution in [-0.4, -0.2) is 42.3 Å². The molecule has 0 spiro atoms. The van der Waals surface area contributed by atoms with Gasteiger partial charge in [-0.25, -0.2) is 0 Å². The van der Waals surface area contributed by atoms with E-state index in [4.69, 9.17) is 28.9 Å². The van der Waals surface area contributed by atoms with Crippen LogP contribution in [-0.2, 0) is 0 Å². The fraction of sp³-hybridized carbons (Fsp3) is 0.857. The van der Waals surface area contributed by atoms with Crippen LogP contribution in [0.4, 0.5) is 0 Å². The van der Waals surface area contributed by atoms with Crippen LogP contribution in [0.1, 0.15) is 32.1 Å². The Kier molecular flexibility index (Phi) is 8.88. The Morgan fingerprint density at radius 2 is 1.72 bits per heavy atom. The Morgan fingerprint density at radius 3 is 2.28 bits per heavy atom. The van der Waals surface area contributed by atoms with Crippen LogP contribution in [0.2, 0.25) is 0 Å². The van der Waals surface area contributed by atoms with Crippen molar-refractivity contribution in [1.29, 1.82) is 0 Å². The molecule has 1 saturated carbocycles. The van der Waals surface area contributed by atoms with Gasteiger partial charge in [0.15, 0.2) is 0 Å². The largest absolute Gasteiger partial charge is 0.317 e. The van der Waals surface area contributed by atoms with Crippen molar-refractivity contribution in [3.05, 3.63) is 0 Å². The minimum atomic E-state index is 0.0409. The summed E-state index contributed by atoms with van der Waals surface area (Å²) in [6.07, 6.45) is 6.46. The highest BCUT2D eigenvalue weighted by Gasteiger charge is 2.18. The first-order valence-corrected chi connectivity index (χ1v) is 7.93. The second kappa shape index (κ2) is 9.92. The fourth-order valence-corrected chi connectivity index (χ4v) is 2.87. The molecule has 0 heterocycles. The second-order valence-electron chi connectivity index (χ2n) is 4.90. The number of alkyl halides is 2. The van der Waals surface area contributed by atoms with E-state index in [1.807, 2.05) is 0 Å². The lowest BCUT2D eigenvalue weighted by atomic mass is 9.84. The summed E-state index contributed by atoms with van der Waals surface area (Å²) >= 11 is 11.5. The van der Waals surface area contributed by atoms with Gasteiger partial charge in [0.1, 0.15) is 0 Å². The summed E-state index contributed by atoms with van der Waals surface area (Å²) in [6.45, 7) is 2.39. The Labute approximate surface area is 121 Å². The van der Waals surface area contributed by atoms with Crippen LogP contribution >= 0.6 is 23.2 Å². The van der Waals surface area contributed by atoms with Gasteiger partial charge in [-0.15, -0.1) is 23.2 Å². The van der Waals surface area contributed by atoms with E-state index in [1.54, 1.807) is 0 Å². The maximum absolute atomic E-state index is 6.14. The summed E-state index contributed by atoms with van der Waals surface area (Å²) in [5.74, 6) is 8.22. The minimum absolute atomic E-state index is 0.0409. The summed E-state index contributed by atoms with van der Waals surface area (Å²) in [6, 6.07) is 0.0409. The molecule has 0 saturated heterocycles. The smallest absolute Gasteiger partial charge is 0.0693 e. The number of nitrogens with two attached hydrogens (primary N) is 1. The number of nitrogens with zero attached hydrogens (tertiary/aromatic N) is 1. The molecule has 0 aromatic carbocycles. The van der Waals surface area contributed by atoms with E-state index >= 15 is 0 Å². The Hall–Kier alpha value is 0.0600. The standard InChI is InChI=1S/C14H24Cl2N2/c15-8-11-18(12-9-16)10-4-7-14(17)13-5-2-1-3-6-13/h13-14H,1-3,5-6,8-12,17H2/t14-/m0/s1. The van der Waals surface area contributed by atoms with Crippen molar-refractivity contribution >= 4 is 23.2 Å². The minimum Gasteiger partial charge on any atom is -0.317 e. The van der Waals surface area contributed by atoms with Crippen molar-refractivity contribution in [3.63, 3.8) is 0 Å². The van der Waals surface area contributed by atoms with E-state index in [2.05, 4.69) is 16.7 Å². The number of halogens is 2. The van der Waals surface area contributed by atoms with Crippen molar-refractivity contribution in [2.24, 2.45) is 11.7 Å². The van der Waals surface area contributed by atoms with Crippen molar-refractivity contribution in [2.75, 3.05) is 31.4 Å². The van der Waals surface area contributed by atoms with E-state index in [0.717, 1.165) is 19.6 Å². The normalized spacial score (nSPS) is 18.4. The van der Waals surface area contributed by atoms with Gasteiger partial charge in [-0.1, -0.05) is 31.1 Å². The molecular formula is C14H24Cl2N2. The highest BCUT2D eigenvalue weighted by atomic mass is 35.5. The zero-order valence-corrected chi connectivity index (χ0v) is 12.5. The number of hydrogen-bond acceptors (Lipinski definition) is 2. The molecule has 0 bridgehead atoms. The third-order valence-electron chi connectivity index (χ3n) is 3.53. The van der Waals surface area contributed by atoms with Gasteiger partial charge in [-0.2, -0.15) is 0 Å². The molecule has 0 aliphatic heterocycles. The lowest BCUT2D eigenvalue weighted by Crippen LogP contribution is -2.31. The maximum Gasteiger partial charge on any atom is 0.0693 e. The van der Waals surface area contributed by atoms with Gasteiger partial charge >= 0.3 is 0 Å². The molecule has 1 fully saturated rings. The van der Waals surface area contributed by atoms with Crippen LogP contribution in [0, 0.1) is 17.8 Å². The average molecular weight is 291 g/mol. The number of rotatable bonds is 6. The Morgan fingerprint density at radius 1 is 1.11 bits per heavy atom. The predicted molar refractivity (Wildman–Crippen MR) is 80.2 cm³/mol. The van der Waals surface area contributed by atoms with Crippen LogP contribution in [0.15, 0.2) is 0 Å². The molecule has 0 aromatic rings. The van der Waals surface area contributed by atoms with Gasteiger partial charge in [0.25, 0.3) is 0 Å². The van der Waals surface area contributed by atoms with Gasteiger partial charge in [0.2, 0.25) is 0 Å².